The number of rotatable bonds is 7. The molecule has 0 radical (unpaired) electrons. The van der Waals surface area contributed by atoms with Crippen molar-refractivity contribution in [3.05, 3.63) is 64.9 Å². The van der Waals surface area contributed by atoms with Gasteiger partial charge in [0, 0.05) is 16.7 Å². The van der Waals surface area contributed by atoms with Crippen LogP contribution in [0.25, 0.3) is 0 Å². The summed E-state index contributed by atoms with van der Waals surface area (Å²) >= 11 is 7.90. The van der Waals surface area contributed by atoms with Crippen LogP contribution in [0.15, 0.2) is 53.4 Å². The second-order valence-electron chi connectivity index (χ2n) is 4.80. The highest BCUT2D eigenvalue weighted by atomic mass is 35.5. The third-order valence-electron chi connectivity index (χ3n) is 3.16. The molecule has 1 atom stereocenters. The van der Waals surface area contributed by atoms with Crippen LogP contribution >= 0.6 is 23.4 Å². The third kappa shape index (κ3) is 5.03. The zero-order valence-electron chi connectivity index (χ0n) is 12.0. The molecule has 0 fully saturated rings. The average molecular weight is 324 g/mol. The largest absolute Gasteiger partial charge is 0.309 e. The lowest BCUT2D eigenvalue weighted by Gasteiger charge is -2.19. The first-order valence-electron chi connectivity index (χ1n) is 7.07. The van der Waals surface area contributed by atoms with E-state index < -0.39 is 0 Å². The number of hydrogen-bond acceptors (Lipinski definition) is 2. The lowest BCUT2D eigenvalue weighted by atomic mass is 10.1. The number of thioether (sulfide) groups is 1. The van der Waals surface area contributed by atoms with Crippen LogP contribution in [0, 0.1) is 5.82 Å². The van der Waals surface area contributed by atoms with Crippen LogP contribution in [-0.4, -0.2) is 12.3 Å². The minimum Gasteiger partial charge on any atom is -0.309 e. The van der Waals surface area contributed by atoms with Crippen molar-refractivity contribution in [1.82, 2.24) is 5.32 Å². The van der Waals surface area contributed by atoms with Crippen molar-refractivity contribution in [3.8, 4) is 0 Å². The van der Waals surface area contributed by atoms with Crippen LogP contribution in [0.3, 0.4) is 0 Å². The van der Waals surface area contributed by atoms with Crippen molar-refractivity contribution < 1.29 is 4.39 Å². The van der Waals surface area contributed by atoms with Crippen LogP contribution in [-0.2, 0) is 0 Å². The first-order valence-corrected chi connectivity index (χ1v) is 8.43. The van der Waals surface area contributed by atoms with Crippen molar-refractivity contribution in [2.45, 2.75) is 24.3 Å². The van der Waals surface area contributed by atoms with Crippen LogP contribution in [0.1, 0.15) is 24.9 Å². The van der Waals surface area contributed by atoms with Gasteiger partial charge < -0.3 is 5.32 Å². The molecule has 0 saturated heterocycles. The second-order valence-corrected chi connectivity index (χ2v) is 6.27. The maximum absolute atomic E-state index is 13.1. The van der Waals surface area contributed by atoms with E-state index in [1.54, 1.807) is 11.8 Å². The van der Waals surface area contributed by atoms with E-state index in [2.05, 4.69) is 12.2 Å². The summed E-state index contributed by atoms with van der Waals surface area (Å²) in [6, 6.07) is 14.7. The van der Waals surface area contributed by atoms with Crippen molar-refractivity contribution in [1.29, 1.82) is 0 Å². The molecule has 0 amide bonds. The Morgan fingerprint density at radius 3 is 2.52 bits per heavy atom. The fourth-order valence-electron chi connectivity index (χ4n) is 2.02. The lowest BCUT2D eigenvalue weighted by Crippen LogP contribution is -2.24. The molecule has 112 valence electrons. The first-order chi connectivity index (χ1) is 10.2. The predicted molar refractivity (Wildman–Crippen MR) is 89.6 cm³/mol. The summed E-state index contributed by atoms with van der Waals surface area (Å²) < 4.78 is 13.1. The standard InChI is InChI=1S/C17H19ClFNS/c1-2-11-20-16(13-7-9-14(19)10-8-13)12-21-17-6-4-3-5-15(17)18/h3-10,16,20H,2,11-12H2,1H3. The normalized spacial score (nSPS) is 12.3. The molecule has 1 unspecified atom stereocenters. The van der Waals surface area contributed by atoms with Gasteiger partial charge in [0.05, 0.1) is 5.02 Å². The van der Waals surface area contributed by atoms with E-state index in [4.69, 9.17) is 11.6 Å². The van der Waals surface area contributed by atoms with Gasteiger partial charge in [0.1, 0.15) is 5.82 Å². The molecule has 4 heteroatoms. The van der Waals surface area contributed by atoms with Gasteiger partial charge in [0.2, 0.25) is 0 Å². The zero-order chi connectivity index (χ0) is 15.1. The topological polar surface area (TPSA) is 12.0 Å². The van der Waals surface area contributed by atoms with E-state index in [1.165, 1.54) is 12.1 Å². The van der Waals surface area contributed by atoms with Gasteiger partial charge >= 0.3 is 0 Å². The fourth-order valence-corrected chi connectivity index (χ4v) is 3.36. The van der Waals surface area contributed by atoms with E-state index in [9.17, 15) is 4.39 Å². The average Bonchev–Trinajstić information content (AvgIpc) is 2.50. The Bertz CT molecular complexity index is 559. The Balaban J connectivity index is 2.06. The molecule has 0 aromatic heterocycles. The third-order valence-corrected chi connectivity index (χ3v) is 4.76. The van der Waals surface area contributed by atoms with Crippen molar-refractivity contribution in [2.24, 2.45) is 0 Å². The molecule has 0 heterocycles. The minimum atomic E-state index is -0.202. The van der Waals surface area contributed by atoms with Gasteiger partial charge in [-0.05, 0) is 42.8 Å². The molecule has 1 N–H and O–H groups in total. The SMILES string of the molecule is CCCNC(CSc1ccccc1Cl)c1ccc(F)cc1. The van der Waals surface area contributed by atoms with E-state index >= 15 is 0 Å². The molecule has 2 aromatic carbocycles. The maximum atomic E-state index is 13.1. The van der Waals surface area contributed by atoms with Gasteiger partial charge in [-0.15, -0.1) is 11.8 Å². The second kappa shape index (κ2) is 8.42. The van der Waals surface area contributed by atoms with Crippen molar-refractivity contribution in [3.63, 3.8) is 0 Å². The van der Waals surface area contributed by atoms with Crippen LogP contribution in [0.2, 0.25) is 5.02 Å². The summed E-state index contributed by atoms with van der Waals surface area (Å²) in [5.74, 6) is 0.654. The summed E-state index contributed by atoms with van der Waals surface area (Å²) in [6.07, 6.45) is 1.06. The fraction of sp³-hybridized carbons (Fsp3) is 0.294. The molecule has 0 aliphatic rings. The summed E-state index contributed by atoms with van der Waals surface area (Å²) in [4.78, 5) is 1.07. The summed E-state index contributed by atoms with van der Waals surface area (Å²) in [7, 11) is 0. The summed E-state index contributed by atoms with van der Waals surface area (Å²) in [5, 5.41) is 4.28. The molecular weight excluding hydrogens is 305 g/mol. The minimum absolute atomic E-state index is 0.187. The quantitative estimate of drug-likeness (QED) is 0.693. The van der Waals surface area contributed by atoms with Gasteiger partial charge in [0.25, 0.3) is 0 Å². The molecule has 0 bridgehead atoms. The van der Waals surface area contributed by atoms with E-state index in [0.29, 0.717) is 0 Å². The smallest absolute Gasteiger partial charge is 0.123 e. The molecular formula is C17H19ClFNS. The van der Waals surface area contributed by atoms with Gasteiger partial charge in [-0.25, -0.2) is 4.39 Å². The van der Waals surface area contributed by atoms with E-state index in [0.717, 1.165) is 34.2 Å². The highest BCUT2D eigenvalue weighted by Gasteiger charge is 2.12. The molecule has 0 spiro atoms. The highest BCUT2D eigenvalue weighted by Crippen LogP contribution is 2.30. The summed E-state index contributed by atoms with van der Waals surface area (Å²) in [5.41, 5.74) is 1.10. The number of halogens is 2. The van der Waals surface area contributed by atoms with Gasteiger partial charge in [-0.2, -0.15) is 0 Å². The summed E-state index contributed by atoms with van der Waals surface area (Å²) in [6.45, 7) is 3.07. The monoisotopic (exact) mass is 323 g/mol. The molecule has 2 aromatic rings. The molecule has 2 rings (SSSR count). The van der Waals surface area contributed by atoms with Crippen molar-refractivity contribution in [2.75, 3.05) is 12.3 Å². The number of hydrogen-bond donors (Lipinski definition) is 1. The molecule has 0 aliphatic carbocycles. The van der Waals surface area contributed by atoms with Gasteiger partial charge in [0.15, 0.2) is 0 Å². The molecule has 21 heavy (non-hydrogen) atoms. The van der Waals surface area contributed by atoms with Gasteiger partial charge in [-0.3, -0.25) is 0 Å². The predicted octanol–water partition coefficient (Wildman–Crippen LogP) is 5.31. The Morgan fingerprint density at radius 2 is 1.86 bits per heavy atom. The maximum Gasteiger partial charge on any atom is 0.123 e. The van der Waals surface area contributed by atoms with Crippen LogP contribution in [0.4, 0.5) is 4.39 Å². The molecule has 0 saturated carbocycles. The lowest BCUT2D eigenvalue weighted by molar-refractivity contribution is 0.574. The van der Waals surface area contributed by atoms with E-state index in [-0.39, 0.29) is 11.9 Å². The highest BCUT2D eigenvalue weighted by molar-refractivity contribution is 7.99. The van der Waals surface area contributed by atoms with Gasteiger partial charge in [-0.1, -0.05) is 42.8 Å². The van der Waals surface area contributed by atoms with Crippen molar-refractivity contribution >= 4 is 23.4 Å². The molecule has 1 nitrogen and oxygen atoms in total. The van der Waals surface area contributed by atoms with Crippen LogP contribution < -0.4 is 5.32 Å². The Hall–Kier alpha value is -1.03. The van der Waals surface area contributed by atoms with E-state index in [1.807, 2.05) is 36.4 Å². The molecule has 0 aliphatic heterocycles. The Kier molecular flexibility index (Phi) is 6.55. The zero-order valence-corrected chi connectivity index (χ0v) is 13.6. The van der Waals surface area contributed by atoms with Crippen LogP contribution in [0.5, 0.6) is 0 Å². The Labute approximate surface area is 134 Å². The number of benzene rings is 2. The first kappa shape index (κ1) is 16.3. The Morgan fingerprint density at radius 1 is 1.14 bits per heavy atom. The number of nitrogens with one attached hydrogen (secondary N) is 1.